The van der Waals surface area contributed by atoms with Crippen molar-refractivity contribution in [3.8, 4) is 0 Å². The average Bonchev–Trinajstić information content (AvgIpc) is 2.81. The minimum Gasteiger partial charge on any atom is -0.317 e. The quantitative estimate of drug-likeness (QED) is 0.768. The van der Waals surface area contributed by atoms with Crippen molar-refractivity contribution in [1.82, 2.24) is 10.2 Å². The third kappa shape index (κ3) is 1.70. The highest BCUT2D eigenvalue weighted by Crippen LogP contribution is 2.54. The molecule has 0 aromatic heterocycles. The molecule has 1 aliphatic carbocycles. The van der Waals surface area contributed by atoms with E-state index in [1.165, 1.54) is 45.3 Å². The van der Waals surface area contributed by atoms with E-state index in [0.717, 1.165) is 5.92 Å². The van der Waals surface area contributed by atoms with Gasteiger partial charge in [-0.05, 0) is 74.8 Å². The summed E-state index contributed by atoms with van der Waals surface area (Å²) in [7, 11) is 2.31. The van der Waals surface area contributed by atoms with Crippen molar-refractivity contribution in [2.45, 2.75) is 37.1 Å². The van der Waals surface area contributed by atoms with Gasteiger partial charge in [-0.1, -0.05) is 24.3 Å². The highest BCUT2D eigenvalue weighted by atomic mass is 15.2. The summed E-state index contributed by atoms with van der Waals surface area (Å²) >= 11 is 0. The molecule has 2 aliphatic heterocycles. The topological polar surface area (TPSA) is 15.3 Å². The van der Waals surface area contributed by atoms with Gasteiger partial charge in [0.2, 0.25) is 0 Å². The largest absolute Gasteiger partial charge is 0.317 e. The van der Waals surface area contributed by atoms with Gasteiger partial charge in [0.1, 0.15) is 0 Å². The van der Waals surface area contributed by atoms with E-state index in [4.69, 9.17) is 0 Å². The first kappa shape index (κ1) is 11.9. The number of nitrogens with one attached hydrogen (secondary N) is 1. The van der Waals surface area contributed by atoms with Crippen molar-refractivity contribution >= 4 is 0 Å². The maximum atomic E-state index is 3.55. The molecule has 1 aromatic rings. The lowest BCUT2D eigenvalue weighted by molar-refractivity contribution is 0.173. The van der Waals surface area contributed by atoms with Gasteiger partial charge in [0, 0.05) is 6.04 Å². The van der Waals surface area contributed by atoms with Crippen LogP contribution in [-0.2, 0) is 5.41 Å². The maximum Gasteiger partial charge on any atom is 0.0376 e. The monoisotopic (exact) mass is 256 g/mol. The second-order valence-electron chi connectivity index (χ2n) is 6.80. The van der Waals surface area contributed by atoms with E-state index < -0.39 is 0 Å². The predicted molar refractivity (Wildman–Crippen MR) is 78.3 cm³/mol. The van der Waals surface area contributed by atoms with Gasteiger partial charge in [0.15, 0.2) is 0 Å². The first-order valence-corrected chi connectivity index (χ1v) is 7.81. The lowest BCUT2D eigenvalue weighted by Gasteiger charge is -2.47. The summed E-state index contributed by atoms with van der Waals surface area (Å²) in [6.07, 6.45) is 5.47. The van der Waals surface area contributed by atoms with Crippen LogP contribution >= 0.6 is 0 Å². The molecule has 4 rings (SSSR count). The van der Waals surface area contributed by atoms with Gasteiger partial charge in [0.25, 0.3) is 0 Å². The number of fused-ring (bicyclic) bond motifs is 4. The third-order valence-corrected chi connectivity index (χ3v) is 5.84. The fourth-order valence-corrected chi connectivity index (χ4v) is 4.96. The van der Waals surface area contributed by atoms with Crippen LogP contribution in [0.15, 0.2) is 24.3 Å². The van der Waals surface area contributed by atoms with Crippen LogP contribution in [-0.4, -0.2) is 31.6 Å². The Hall–Kier alpha value is -0.860. The van der Waals surface area contributed by atoms with Gasteiger partial charge in [-0.2, -0.15) is 0 Å². The minimum atomic E-state index is 0.480. The molecular formula is C17H24N2. The Bertz CT molecular complexity index is 476. The first-order chi connectivity index (χ1) is 9.30. The van der Waals surface area contributed by atoms with E-state index in [1.807, 2.05) is 0 Å². The first-order valence-electron chi connectivity index (χ1n) is 7.81. The van der Waals surface area contributed by atoms with Crippen molar-refractivity contribution in [3.63, 3.8) is 0 Å². The number of likely N-dealkylation sites (tertiary alicyclic amines) is 1. The van der Waals surface area contributed by atoms with E-state index in [2.05, 4.69) is 41.5 Å². The lowest BCUT2D eigenvalue weighted by Crippen LogP contribution is -2.45. The van der Waals surface area contributed by atoms with Gasteiger partial charge in [0.05, 0.1) is 0 Å². The summed E-state index contributed by atoms with van der Waals surface area (Å²) in [4.78, 5) is 2.58. The number of hydrogen-bond donors (Lipinski definition) is 1. The Morgan fingerprint density at radius 2 is 2.00 bits per heavy atom. The van der Waals surface area contributed by atoms with Crippen molar-refractivity contribution in [1.29, 1.82) is 0 Å². The van der Waals surface area contributed by atoms with E-state index in [0.29, 0.717) is 11.5 Å². The summed E-state index contributed by atoms with van der Waals surface area (Å²) in [5.74, 6) is 0.887. The van der Waals surface area contributed by atoms with Gasteiger partial charge < -0.3 is 5.32 Å². The molecule has 0 saturated carbocycles. The van der Waals surface area contributed by atoms with Crippen molar-refractivity contribution in [3.05, 3.63) is 35.4 Å². The fourth-order valence-electron chi connectivity index (χ4n) is 4.96. The molecule has 1 aromatic carbocycles. The maximum absolute atomic E-state index is 3.55. The van der Waals surface area contributed by atoms with E-state index >= 15 is 0 Å². The summed E-state index contributed by atoms with van der Waals surface area (Å²) in [6.45, 7) is 3.67. The zero-order chi connectivity index (χ0) is 12.9. The van der Waals surface area contributed by atoms with Crippen LogP contribution in [0.2, 0.25) is 0 Å². The van der Waals surface area contributed by atoms with Crippen LogP contribution in [0, 0.1) is 5.92 Å². The second-order valence-corrected chi connectivity index (χ2v) is 6.80. The van der Waals surface area contributed by atoms with Crippen LogP contribution in [0.5, 0.6) is 0 Å². The molecule has 0 radical (unpaired) electrons. The molecular weight excluding hydrogens is 232 g/mol. The molecule has 2 heteroatoms. The number of nitrogens with zero attached hydrogens (tertiary/aromatic N) is 1. The fraction of sp³-hybridized carbons (Fsp3) is 0.647. The van der Waals surface area contributed by atoms with Crippen molar-refractivity contribution < 1.29 is 0 Å². The Morgan fingerprint density at radius 1 is 1.21 bits per heavy atom. The Labute approximate surface area is 116 Å². The van der Waals surface area contributed by atoms with Crippen LogP contribution in [0.25, 0.3) is 0 Å². The molecule has 19 heavy (non-hydrogen) atoms. The number of piperidine rings is 1. The molecule has 0 unspecified atom stereocenters. The molecule has 0 amide bonds. The second kappa shape index (κ2) is 4.32. The Morgan fingerprint density at radius 3 is 2.84 bits per heavy atom. The van der Waals surface area contributed by atoms with Gasteiger partial charge in [-0.15, -0.1) is 0 Å². The number of hydrogen-bond acceptors (Lipinski definition) is 2. The summed E-state index contributed by atoms with van der Waals surface area (Å²) in [5.41, 5.74) is 3.79. The van der Waals surface area contributed by atoms with Crippen LogP contribution in [0.3, 0.4) is 0 Å². The Balaban J connectivity index is 1.84. The molecule has 3 aliphatic rings. The molecule has 1 N–H and O–H groups in total. The number of benzene rings is 1. The van der Waals surface area contributed by atoms with Gasteiger partial charge in [-0.25, -0.2) is 0 Å². The Kier molecular flexibility index (Phi) is 2.71. The zero-order valence-corrected chi connectivity index (χ0v) is 11.9. The smallest absolute Gasteiger partial charge is 0.0376 e. The van der Waals surface area contributed by atoms with Crippen molar-refractivity contribution in [2.75, 3.05) is 26.7 Å². The average molecular weight is 256 g/mol. The molecule has 1 spiro atoms. The molecule has 2 nitrogen and oxygen atoms in total. The lowest BCUT2D eigenvalue weighted by atomic mass is 9.60. The van der Waals surface area contributed by atoms with Crippen molar-refractivity contribution in [2.24, 2.45) is 5.92 Å². The van der Waals surface area contributed by atoms with E-state index in [9.17, 15) is 0 Å². The third-order valence-electron chi connectivity index (χ3n) is 5.84. The molecule has 2 fully saturated rings. The SMILES string of the molecule is CN1CC[C@H]2CC3(CCNCC3)c3ccccc3[C@H]21. The minimum absolute atomic E-state index is 0.480. The van der Waals surface area contributed by atoms with Crippen LogP contribution < -0.4 is 5.32 Å². The molecule has 2 atom stereocenters. The standard InChI is InChI=1S/C17H24N2/c1-19-11-6-13-12-17(7-9-18-10-8-17)15-5-3-2-4-14(15)16(13)19/h2-5,13,16,18H,6-12H2,1H3/t13-,16-/m0/s1. The van der Waals surface area contributed by atoms with E-state index in [1.54, 1.807) is 11.1 Å². The summed E-state index contributed by atoms with van der Waals surface area (Å²) < 4.78 is 0. The number of rotatable bonds is 0. The predicted octanol–water partition coefficient (Wildman–Crippen LogP) is 2.70. The zero-order valence-electron chi connectivity index (χ0n) is 11.9. The van der Waals surface area contributed by atoms with Gasteiger partial charge in [-0.3, -0.25) is 4.90 Å². The summed E-state index contributed by atoms with van der Waals surface area (Å²) in [5, 5.41) is 3.55. The molecule has 2 saturated heterocycles. The molecule has 2 heterocycles. The van der Waals surface area contributed by atoms with E-state index in [-0.39, 0.29) is 0 Å². The van der Waals surface area contributed by atoms with Crippen LogP contribution in [0.4, 0.5) is 0 Å². The van der Waals surface area contributed by atoms with Crippen LogP contribution in [0.1, 0.15) is 42.9 Å². The molecule has 0 bridgehead atoms. The normalized spacial score (nSPS) is 33.1. The summed E-state index contributed by atoms with van der Waals surface area (Å²) in [6, 6.07) is 10.00. The van der Waals surface area contributed by atoms with Gasteiger partial charge >= 0.3 is 0 Å². The highest BCUT2D eigenvalue weighted by molar-refractivity contribution is 5.41. The molecule has 102 valence electrons. The highest BCUT2D eigenvalue weighted by Gasteiger charge is 2.47.